The molecule has 1 aliphatic carbocycles. The summed E-state index contributed by atoms with van der Waals surface area (Å²) in [5, 5.41) is 7.15. The van der Waals surface area contributed by atoms with Crippen molar-refractivity contribution in [1.29, 1.82) is 0 Å². The number of hydrogen-bond acceptors (Lipinski definition) is 8. The highest BCUT2D eigenvalue weighted by molar-refractivity contribution is 7.90. The fourth-order valence-corrected chi connectivity index (χ4v) is 7.09. The molecular formula is C29H31F3N2O5S2. The first-order chi connectivity index (χ1) is 19.5. The lowest BCUT2D eigenvalue weighted by molar-refractivity contribution is -0.177. The van der Waals surface area contributed by atoms with Crippen molar-refractivity contribution in [1.82, 2.24) is 0 Å². The fourth-order valence-electron chi connectivity index (χ4n) is 5.28. The molecule has 0 unspecified atom stereocenters. The van der Waals surface area contributed by atoms with E-state index in [0.29, 0.717) is 34.9 Å². The molecule has 12 heteroatoms. The molecule has 3 aromatic rings. The number of benzene rings is 2. The molecule has 2 aromatic carbocycles. The summed E-state index contributed by atoms with van der Waals surface area (Å²) in [5.74, 6) is 5.70. The van der Waals surface area contributed by atoms with E-state index in [-0.39, 0.29) is 23.0 Å². The van der Waals surface area contributed by atoms with Crippen LogP contribution in [0.4, 0.5) is 24.5 Å². The van der Waals surface area contributed by atoms with Gasteiger partial charge in [-0.25, -0.2) is 8.42 Å². The first-order valence-corrected chi connectivity index (χ1v) is 15.9. The van der Waals surface area contributed by atoms with Crippen molar-refractivity contribution in [3.8, 4) is 17.6 Å². The third kappa shape index (κ3) is 6.92. The van der Waals surface area contributed by atoms with Gasteiger partial charge in [0.2, 0.25) is 0 Å². The van der Waals surface area contributed by atoms with Crippen LogP contribution in [0.1, 0.15) is 36.1 Å². The van der Waals surface area contributed by atoms with Gasteiger partial charge < -0.3 is 24.8 Å². The highest BCUT2D eigenvalue weighted by Crippen LogP contribution is 2.41. The minimum Gasteiger partial charge on any atom is -0.495 e. The average molecular weight is 609 g/mol. The summed E-state index contributed by atoms with van der Waals surface area (Å²) in [6.45, 7) is 1.33. The number of alkyl halides is 3. The first-order valence-electron chi connectivity index (χ1n) is 13.2. The Labute approximate surface area is 241 Å². The topological polar surface area (TPSA) is 85.9 Å². The Balaban J connectivity index is 1.36. The van der Waals surface area contributed by atoms with Crippen LogP contribution < -0.4 is 15.4 Å². The van der Waals surface area contributed by atoms with Crippen LogP contribution in [0.5, 0.6) is 5.75 Å². The first kappa shape index (κ1) is 29.5. The number of nitrogens with one attached hydrogen (secondary N) is 2. The molecule has 0 bridgehead atoms. The van der Waals surface area contributed by atoms with E-state index in [1.165, 1.54) is 30.6 Å². The zero-order valence-corrected chi connectivity index (χ0v) is 24.3. The normalized spacial score (nSPS) is 17.4. The number of fused-ring (bicyclic) bond motifs is 1. The summed E-state index contributed by atoms with van der Waals surface area (Å²) in [5.41, 5.74) is 1.49. The number of anilines is 2. The van der Waals surface area contributed by atoms with Gasteiger partial charge in [0, 0.05) is 31.2 Å². The SMILES string of the molecule is COc1cc(S(C)(=O)=O)ccc1NCC#Cc1sc2c(NC3CCC4(CC3)OCCO4)cccc2c1CC(F)(F)F. The lowest BCUT2D eigenvalue weighted by Crippen LogP contribution is -2.39. The molecular weight excluding hydrogens is 577 g/mol. The lowest BCUT2D eigenvalue weighted by Gasteiger charge is -2.36. The van der Waals surface area contributed by atoms with Crippen LogP contribution in [0.3, 0.4) is 0 Å². The van der Waals surface area contributed by atoms with Crippen LogP contribution in [0.2, 0.25) is 0 Å². The van der Waals surface area contributed by atoms with E-state index in [2.05, 4.69) is 22.5 Å². The third-order valence-corrected chi connectivity index (χ3v) is 9.59. The molecule has 1 saturated carbocycles. The Morgan fingerprint density at radius 2 is 1.85 bits per heavy atom. The van der Waals surface area contributed by atoms with E-state index < -0.39 is 28.2 Å². The minimum atomic E-state index is -4.39. The standard InChI is InChI=1S/C29H31F3N2O5S2/c1-37-25-17-20(41(2,35)36)8-9-23(25)33-14-4-7-26-22(18-29(30,31)32)21-5-3-6-24(27(21)40-26)34-19-10-12-28(13-11-19)38-15-16-39-28/h3,5-6,8-9,17,19,33-34H,10-16,18H2,1-2H3. The molecule has 2 fully saturated rings. The van der Waals surface area contributed by atoms with Crippen LogP contribution in [0, 0.1) is 11.8 Å². The maximum absolute atomic E-state index is 13.6. The molecule has 2 heterocycles. The van der Waals surface area contributed by atoms with Gasteiger partial charge in [0.25, 0.3) is 0 Å². The Hall–Kier alpha value is -2.98. The van der Waals surface area contributed by atoms with E-state index in [0.717, 1.165) is 42.3 Å². The van der Waals surface area contributed by atoms with Crippen LogP contribution >= 0.6 is 11.3 Å². The highest BCUT2D eigenvalue weighted by atomic mass is 32.2. The number of hydrogen-bond donors (Lipinski definition) is 2. The predicted octanol–water partition coefficient (Wildman–Crippen LogP) is 5.98. The Morgan fingerprint density at radius 1 is 1.12 bits per heavy atom. The quantitative estimate of drug-likeness (QED) is 0.319. The second kappa shape index (κ2) is 11.7. The monoisotopic (exact) mass is 608 g/mol. The van der Waals surface area contributed by atoms with Gasteiger partial charge in [-0.1, -0.05) is 24.0 Å². The highest BCUT2D eigenvalue weighted by Gasteiger charge is 2.40. The van der Waals surface area contributed by atoms with Gasteiger partial charge in [-0.3, -0.25) is 0 Å². The number of halogens is 3. The van der Waals surface area contributed by atoms with Crippen molar-refractivity contribution in [2.24, 2.45) is 0 Å². The smallest absolute Gasteiger partial charge is 0.393 e. The van der Waals surface area contributed by atoms with E-state index in [9.17, 15) is 21.6 Å². The molecule has 0 atom stereocenters. The van der Waals surface area contributed by atoms with Gasteiger partial charge in [0.05, 0.1) is 59.1 Å². The average Bonchev–Trinajstić information content (AvgIpc) is 3.52. The van der Waals surface area contributed by atoms with Crippen LogP contribution in [-0.2, 0) is 25.7 Å². The second-order valence-electron chi connectivity index (χ2n) is 10.2. The van der Waals surface area contributed by atoms with Crippen molar-refractivity contribution < 1.29 is 35.8 Å². The summed E-state index contributed by atoms with van der Waals surface area (Å²) in [7, 11) is -1.98. The minimum absolute atomic E-state index is 0.116. The largest absolute Gasteiger partial charge is 0.495 e. The molecule has 1 saturated heterocycles. The van der Waals surface area contributed by atoms with Crippen molar-refractivity contribution in [3.63, 3.8) is 0 Å². The van der Waals surface area contributed by atoms with E-state index in [4.69, 9.17) is 14.2 Å². The van der Waals surface area contributed by atoms with Gasteiger partial charge in [0.1, 0.15) is 5.75 Å². The lowest BCUT2D eigenvalue weighted by atomic mass is 9.90. The summed E-state index contributed by atoms with van der Waals surface area (Å²) >= 11 is 1.25. The molecule has 1 aromatic heterocycles. The predicted molar refractivity (Wildman–Crippen MR) is 154 cm³/mol. The molecule has 1 spiro atoms. The van der Waals surface area contributed by atoms with Crippen molar-refractivity contribution >= 4 is 42.6 Å². The third-order valence-electron chi connectivity index (χ3n) is 7.29. The van der Waals surface area contributed by atoms with Crippen molar-refractivity contribution in [2.75, 3.05) is 43.8 Å². The summed E-state index contributed by atoms with van der Waals surface area (Å²) in [6.07, 6.45) is -1.13. The van der Waals surface area contributed by atoms with E-state index in [1.807, 2.05) is 6.07 Å². The van der Waals surface area contributed by atoms with Gasteiger partial charge in [-0.05, 0) is 42.0 Å². The number of ether oxygens (including phenoxy) is 3. The Morgan fingerprint density at radius 3 is 2.51 bits per heavy atom. The zero-order chi connectivity index (χ0) is 29.3. The fraction of sp³-hybridized carbons (Fsp3) is 0.448. The molecule has 5 rings (SSSR count). The summed E-state index contributed by atoms with van der Waals surface area (Å²) in [4.78, 5) is 0.480. The zero-order valence-electron chi connectivity index (χ0n) is 22.7. The summed E-state index contributed by atoms with van der Waals surface area (Å²) < 4.78 is 82.1. The van der Waals surface area contributed by atoms with Crippen molar-refractivity contribution in [3.05, 3.63) is 46.8 Å². The van der Waals surface area contributed by atoms with Crippen molar-refractivity contribution in [2.45, 2.75) is 55.0 Å². The molecule has 0 radical (unpaired) electrons. The molecule has 2 aliphatic rings. The van der Waals surface area contributed by atoms with Gasteiger partial charge in [-0.2, -0.15) is 13.2 Å². The number of thiophene rings is 1. The molecule has 0 amide bonds. The van der Waals surface area contributed by atoms with E-state index >= 15 is 0 Å². The van der Waals surface area contributed by atoms with Gasteiger partial charge >= 0.3 is 6.18 Å². The molecule has 1 aliphatic heterocycles. The van der Waals surface area contributed by atoms with Crippen LogP contribution in [-0.4, -0.2) is 59.5 Å². The molecule has 220 valence electrons. The molecule has 41 heavy (non-hydrogen) atoms. The molecule has 7 nitrogen and oxygen atoms in total. The second-order valence-corrected chi connectivity index (χ2v) is 13.2. The van der Waals surface area contributed by atoms with Crippen LogP contribution in [0.15, 0.2) is 41.3 Å². The number of rotatable bonds is 7. The maximum atomic E-state index is 13.6. The van der Waals surface area contributed by atoms with Crippen LogP contribution in [0.25, 0.3) is 10.1 Å². The number of sulfone groups is 1. The van der Waals surface area contributed by atoms with Gasteiger partial charge in [0.15, 0.2) is 15.6 Å². The molecule has 2 N–H and O–H groups in total. The summed E-state index contributed by atoms with van der Waals surface area (Å²) in [6, 6.07) is 9.98. The Kier molecular flexibility index (Phi) is 8.43. The van der Waals surface area contributed by atoms with Gasteiger partial charge in [-0.15, -0.1) is 11.3 Å². The number of methoxy groups -OCH3 is 1. The Bertz CT molecular complexity index is 1580. The maximum Gasteiger partial charge on any atom is 0.393 e. The van der Waals surface area contributed by atoms with E-state index in [1.54, 1.807) is 18.2 Å².